The van der Waals surface area contributed by atoms with Crippen LogP contribution >= 0.6 is 0 Å². The summed E-state index contributed by atoms with van der Waals surface area (Å²) in [6.07, 6.45) is 3.99. The average Bonchev–Trinajstić information content (AvgIpc) is 2.84. The van der Waals surface area contributed by atoms with E-state index in [9.17, 15) is 4.79 Å². The highest BCUT2D eigenvalue weighted by atomic mass is 16.4. The minimum Gasteiger partial charge on any atom is -0.409 e. The Hall–Kier alpha value is -1.30. The van der Waals surface area contributed by atoms with Gasteiger partial charge in [-0.25, -0.2) is 0 Å². The minimum absolute atomic E-state index is 0.0182. The summed E-state index contributed by atoms with van der Waals surface area (Å²) < 4.78 is 0. The number of likely N-dealkylation sites (tertiary alicyclic amines) is 1. The van der Waals surface area contributed by atoms with Gasteiger partial charge in [0.2, 0.25) is 5.91 Å². The fraction of sp³-hybridized carbons (Fsp3) is 0.833. The lowest BCUT2D eigenvalue weighted by molar-refractivity contribution is -0.134. The number of carbonyl (C=O) groups excluding carboxylic acids is 1. The van der Waals surface area contributed by atoms with Gasteiger partial charge in [0.15, 0.2) is 5.84 Å². The van der Waals surface area contributed by atoms with E-state index in [-0.39, 0.29) is 24.4 Å². The number of hydrogen-bond acceptors (Lipinski definition) is 4. The molecule has 4 N–H and O–H groups in total. The van der Waals surface area contributed by atoms with E-state index in [1.54, 1.807) is 0 Å². The quantitative estimate of drug-likeness (QED) is 0.279. The van der Waals surface area contributed by atoms with Crippen molar-refractivity contribution >= 4 is 11.7 Å². The molecule has 1 rings (SSSR count). The van der Waals surface area contributed by atoms with Crippen LogP contribution in [0.25, 0.3) is 0 Å². The molecule has 0 spiro atoms. The van der Waals surface area contributed by atoms with Crippen LogP contribution in [0.5, 0.6) is 0 Å². The summed E-state index contributed by atoms with van der Waals surface area (Å²) in [5.74, 6) is -0.617. The SMILES string of the molecule is CCC(C(=O)N1CCCC1CCCO)/C(N)=N/O. The van der Waals surface area contributed by atoms with Crippen molar-refractivity contribution in [2.75, 3.05) is 13.2 Å². The van der Waals surface area contributed by atoms with Crippen LogP contribution in [-0.4, -0.2) is 46.1 Å². The number of aliphatic hydroxyl groups excluding tert-OH is 1. The Morgan fingerprint density at radius 3 is 2.89 bits per heavy atom. The second-order valence-electron chi connectivity index (χ2n) is 4.68. The maximum atomic E-state index is 12.3. The molecule has 1 aliphatic rings. The molecule has 1 saturated heterocycles. The van der Waals surface area contributed by atoms with Crippen LogP contribution in [0.15, 0.2) is 5.16 Å². The topological polar surface area (TPSA) is 99.2 Å². The van der Waals surface area contributed by atoms with Crippen molar-refractivity contribution in [3.63, 3.8) is 0 Å². The van der Waals surface area contributed by atoms with Gasteiger partial charge >= 0.3 is 0 Å². The second-order valence-corrected chi connectivity index (χ2v) is 4.68. The lowest BCUT2D eigenvalue weighted by Gasteiger charge is -2.28. The van der Waals surface area contributed by atoms with Crippen molar-refractivity contribution < 1.29 is 15.1 Å². The summed E-state index contributed by atoms with van der Waals surface area (Å²) in [5.41, 5.74) is 5.55. The van der Waals surface area contributed by atoms with Gasteiger partial charge < -0.3 is 20.9 Å². The minimum atomic E-state index is -0.537. The Morgan fingerprint density at radius 2 is 2.33 bits per heavy atom. The standard InChI is InChI=1S/C12H23N3O3/c1-2-10(11(13)14-18)12(17)15-7-3-5-9(15)6-4-8-16/h9-10,16,18H,2-8H2,1H3,(H2,13,14). The molecule has 0 aromatic carbocycles. The molecule has 1 fully saturated rings. The molecule has 2 unspecified atom stereocenters. The number of nitrogens with two attached hydrogens (primary N) is 1. The van der Waals surface area contributed by atoms with E-state index < -0.39 is 5.92 Å². The first kappa shape index (κ1) is 14.8. The van der Waals surface area contributed by atoms with Gasteiger partial charge in [-0.3, -0.25) is 4.79 Å². The van der Waals surface area contributed by atoms with E-state index in [1.165, 1.54) is 0 Å². The number of rotatable bonds is 6. The highest BCUT2D eigenvalue weighted by molar-refractivity contribution is 6.02. The van der Waals surface area contributed by atoms with Gasteiger partial charge in [-0.05, 0) is 32.1 Å². The molecule has 1 aliphatic heterocycles. The number of hydrogen-bond donors (Lipinski definition) is 3. The fourth-order valence-electron chi connectivity index (χ4n) is 2.53. The first-order valence-electron chi connectivity index (χ1n) is 6.54. The molecule has 1 heterocycles. The number of oxime groups is 1. The van der Waals surface area contributed by atoms with Crippen molar-refractivity contribution in [3.05, 3.63) is 0 Å². The molecule has 2 atom stereocenters. The molecule has 0 bridgehead atoms. The van der Waals surface area contributed by atoms with E-state index in [0.29, 0.717) is 12.8 Å². The second kappa shape index (κ2) is 7.20. The number of amides is 1. The van der Waals surface area contributed by atoms with Crippen molar-refractivity contribution in [3.8, 4) is 0 Å². The largest absolute Gasteiger partial charge is 0.409 e. The van der Waals surface area contributed by atoms with Gasteiger partial charge in [-0.1, -0.05) is 12.1 Å². The maximum Gasteiger partial charge on any atom is 0.233 e. The Kier molecular flexibility index (Phi) is 5.91. The predicted molar refractivity (Wildman–Crippen MR) is 68.2 cm³/mol. The van der Waals surface area contributed by atoms with Crippen molar-refractivity contribution in [1.29, 1.82) is 0 Å². The predicted octanol–water partition coefficient (Wildman–Crippen LogP) is 0.523. The zero-order chi connectivity index (χ0) is 13.5. The Morgan fingerprint density at radius 1 is 1.61 bits per heavy atom. The van der Waals surface area contributed by atoms with Gasteiger partial charge in [-0.15, -0.1) is 0 Å². The van der Waals surface area contributed by atoms with Gasteiger partial charge in [0.05, 0.1) is 5.92 Å². The third kappa shape index (κ3) is 3.35. The van der Waals surface area contributed by atoms with Crippen LogP contribution in [0, 0.1) is 5.92 Å². The average molecular weight is 257 g/mol. The first-order valence-corrected chi connectivity index (χ1v) is 6.54. The highest BCUT2D eigenvalue weighted by Gasteiger charge is 2.33. The normalized spacial score (nSPS) is 22.2. The molecular weight excluding hydrogens is 234 g/mol. The lowest BCUT2D eigenvalue weighted by Crippen LogP contribution is -2.44. The Bertz CT molecular complexity index is 307. The van der Waals surface area contributed by atoms with Crippen LogP contribution in [0.3, 0.4) is 0 Å². The molecule has 6 nitrogen and oxygen atoms in total. The third-order valence-corrected chi connectivity index (χ3v) is 3.53. The smallest absolute Gasteiger partial charge is 0.233 e. The lowest BCUT2D eigenvalue weighted by atomic mass is 10.0. The Balaban J connectivity index is 2.68. The summed E-state index contributed by atoms with van der Waals surface area (Å²) in [4.78, 5) is 14.2. The van der Waals surface area contributed by atoms with Crippen LogP contribution in [0.2, 0.25) is 0 Å². The van der Waals surface area contributed by atoms with E-state index in [1.807, 2.05) is 11.8 Å². The molecule has 0 aromatic heterocycles. The van der Waals surface area contributed by atoms with Gasteiger partial charge in [0.25, 0.3) is 0 Å². The molecule has 1 amide bonds. The molecule has 0 aromatic rings. The van der Waals surface area contributed by atoms with Gasteiger partial charge in [-0.2, -0.15) is 0 Å². The summed E-state index contributed by atoms with van der Waals surface area (Å²) in [6.45, 7) is 2.72. The van der Waals surface area contributed by atoms with Gasteiger partial charge in [0, 0.05) is 19.2 Å². The molecule has 6 heteroatoms. The van der Waals surface area contributed by atoms with E-state index >= 15 is 0 Å². The zero-order valence-corrected chi connectivity index (χ0v) is 10.9. The number of carbonyl (C=O) groups is 1. The van der Waals surface area contributed by atoms with E-state index in [2.05, 4.69) is 5.16 Å². The highest BCUT2D eigenvalue weighted by Crippen LogP contribution is 2.24. The molecule has 0 aliphatic carbocycles. The number of aliphatic hydroxyl groups is 1. The number of nitrogens with zero attached hydrogens (tertiary/aromatic N) is 2. The fourth-order valence-corrected chi connectivity index (χ4v) is 2.53. The van der Waals surface area contributed by atoms with Crippen molar-refractivity contribution in [2.45, 2.75) is 45.1 Å². The molecule has 104 valence electrons. The van der Waals surface area contributed by atoms with Gasteiger partial charge in [0.1, 0.15) is 0 Å². The zero-order valence-electron chi connectivity index (χ0n) is 10.9. The summed E-state index contributed by atoms with van der Waals surface area (Å²) in [5, 5.41) is 20.5. The van der Waals surface area contributed by atoms with Crippen molar-refractivity contribution in [1.82, 2.24) is 4.90 Å². The van der Waals surface area contributed by atoms with Crippen molar-refractivity contribution in [2.24, 2.45) is 16.8 Å². The van der Waals surface area contributed by atoms with Crippen LogP contribution in [0.1, 0.15) is 39.0 Å². The molecule has 0 radical (unpaired) electrons. The molecule has 0 saturated carbocycles. The first-order chi connectivity index (χ1) is 8.65. The van der Waals surface area contributed by atoms with Crippen LogP contribution in [-0.2, 0) is 4.79 Å². The molecular formula is C12H23N3O3. The monoisotopic (exact) mass is 257 g/mol. The van der Waals surface area contributed by atoms with E-state index in [0.717, 1.165) is 25.8 Å². The van der Waals surface area contributed by atoms with Crippen LogP contribution < -0.4 is 5.73 Å². The number of amidine groups is 1. The summed E-state index contributed by atoms with van der Waals surface area (Å²) >= 11 is 0. The molecule has 18 heavy (non-hydrogen) atoms. The van der Waals surface area contributed by atoms with E-state index in [4.69, 9.17) is 16.0 Å². The third-order valence-electron chi connectivity index (χ3n) is 3.53. The maximum absolute atomic E-state index is 12.3. The summed E-state index contributed by atoms with van der Waals surface area (Å²) in [6, 6.07) is 0.185. The summed E-state index contributed by atoms with van der Waals surface area (Å²) in [7, 11) is 0. The Labute approximate surface area is 107 Å². The van der Waals surface area contributed by atoms with Crippen LogP contribution in [0.4, 0.5) is 0 Å².